The molecule has 3 aliphatic heterocycles. The molecule has 0 aromatic carbocycles. The van der Waals surface area contributed by atoms with Crippen molar-refractivity contribution >= 4 is 28.5 Å². The maximum atomic E-state index is 12.8. The van der Waals surface area contributed by atoms with E-state index in [1.54, 1.807) is 6.20 Å². The molecule has 0 aliphatic carbocycles. The first-order valence-electron chi connectivity index (χ1n) is 9.48. The molecule has 1 amide bonds. The molecule has 3 aliphatic rings. The van der Waals surface area contributed by atoms with Crippen LogP contribution in [-0.4, -0.2) is 58.2 Å². The maximum absolute atomic E-state index is 12.8. The molecule has 7 heteroatoms. The summed E-state index contributed by atoms with van der Waals surface area (Å²) in [4.78, 5) is 19.3. The number of carbonyl (C=O) groups is 1. The number of hydrogen-bond donors (Lipinski definition) is 1. The number of carbonyl (C=O) groups excluding carboxylic acids is 1. The molecule has 26 heavy (non-hydrogen) atoms. The number of likely N-dealkylation sites (tertiary alicyclic amines) is 1. The lowest BCUT2D eigenvalue weighted by Gasteiger charge is -2.32. The number of pyridine rings is 1. The second-order valence-electron chi connectivity index (χ2n) is 7.58. The number of halogens is 1. The summed E-state index contributed by atoms with van der Waals surface area (Å²) in [5.74, 6) is 0.167. The molecule has 3 unspecified atom stereocenters. The van der Waals surface area contributed by atoms with E-state index in [-0.39, 0.29) is 18.1 Å². The van der Waals surface area contributed by atoms with E-state index in [1.165, 1.54) is 5.69 Å². The minimum atomic E-state index is -0.259. The first kappa shape index (κ1) is 16.5. The van der Waals surface area contributed by atoms with Crippen LogP contribution in [0.4, 0.5) is 0 Å². The van der Waals surface area contributed by atoms with Gasteiger partial charge in [-0.2, -0.15) is 0 Å². The second-order valence-corrected chi connectivity index (χ2v) is 8.02. The molecule has 5 rings (SSSR count). The zero-order chi connectivity index (χ0) is 17.7. The highest BCUT2D eigenvalue weighted by atomic mass is 35.5. The molecule has 1 N–H and O–H groups in total. The monoisotopic (exact) mass is 374 g/mol. The quantitative estimate of drug-likeness (QED) is 0.889. The fourth-order valence-corrected chi connectivity index (χ4v) is 4.56. The standard InChI is InChI=1S/C19H23ClN4O2/c20-13-7-12-8-16-9-15(2-5-23(16)18(12)22-10-13)24-6-3-17(19(24)25)26-11-14-1-4-21-14/h7-8,10,14-15,17,21H,1-6,9,11H2. The number of fused-ring (bicyclic) bond motifs is 3. The molecule has 0 radical (unpaired) electrons. The van der Waals surface area contributed by atoms with Crippen molar-refractivity contribution in [3.8, 4) is 0 Å². The summed E-state index contributed by atoms with van der Waals surface area (Å²) in [6.45, 7) is 3.40. The zero-order valence-electron chi connectivity index (χ0n) is 14.7. The maximum Gasteiger partial charge on any atom is 0.252 e. The van der Waals surface area contributed by atoms with Crippen LogP contribution in [0, 0.1) is 0 Å². The Balaban J connectivity index is 1.28. The number of aromatic nitrogens is 2. The average molecular weight is 375 g/mol. The van der Waals surface area contributed by atoms with Crippen molar-refractivity contribution in [1.29, 1.82) is 0 Å². The fourth-order valence-electron chi connectivity index (χ4n) is 4.39. The number of rotatable bonds is 4. The van der Waals surface area contributed by atoms with Crippen molar-refractivity contribution < 1.29 is 9.53 Å². The number of nitrogens with one attached hydrogen (secondary N) is 1. The van der Waals surface area contributed by atoms with Gasteiger partial charge in [-0.3, -0.25) is 4.79 Å². The number of amides is 1. The lowest BCUT2D eigenvalue weighted by molar-refractivity contribution is -0.140. The van der Waals surface area contributed by atoms with Crippen molar-refractivity contribution in [2.75, 3.05) is 19.7 Å². The summed E-state index contributed by atoms with van der Waals surface area (Å²) in [5, 5.41) is 5.06. The summed E-state index contributed by atoms with van der Waals surface area (Å²) in [6, 6.07) is 4.81. The van der Waals surface area contributed by atoms with Gasteiger partial charge in [-0.25, -0.2) is 4.98 Å². The largest absolute Gasteiger partial charge is 0.367 e. The number of hydrogen-bond acceptors (Lipinski definition) is 4. The van der Waals surface area contributed by atoms with Gasteiger partial charge in [0.1, 0.15) is 11.8 Å². The van der Waals surface area contributed by atoms with E-state index in [9.17, 15) is 4.79 Å². The van der Waals surface area contributed by atoms with E-state index in [1.807, 2.05) is 11.0 Å². The van der Waals surface area contributed by atoms with E-state index in [4.69, 9.17) is 16.3 Å². The van der Waals surface area contributed by atoms with Crippen LogP contribution >= 0.6 is 11.6 Å². The third-order valence-corrected chi connectivity index (χ3v) is 6.18. The van der Waals surface area contributed by atoms with Gasteiger partial charge in [-0.05, 0) is 31.5 Å². The molecular formula is C19H23ClN4O2. The number of nitrogens with zero attached hydrogens (tertiary/aromatic N) is 3. The Hall–Kier alpha value is -1.63. The van der Waals surface area contributed by atoms with Gasteiger partial charge in [0.25, 0.3) is 5.91 Å². The van der Waals surface area contributed by atoms with Crippen molar-refractivity contribution in [2.24, 2.45) is 0 Å². The molecule has 2 aromatic heterocycles. The van der Waals surface area contributed by atoms with E-state index in [2.05, 4.69) is 20.9 Å². The molecule has 0 spiro atoms. The van der Waals surface area contributed by atoms with Crippen molar-refractivity contribution in [3.63, 3.8) is 0 Å². The van der Waals surface area contributed by atoms with Gasteiger partial charge in [-0.15, -0.1) is 0 Å². The number of ether oxygens (including phenoxy) is 1. The normalized spacial score (nSPS) is 28.4. The SMILES string of the molecule is O=C1C(OCC2CCN2)CCN1C1CCn2c(cc3cc(Cl)cnc32)C1. The van der Waals surface area contributed by atoms with E-state index in [0.29, 0.717) is 17.7 Å². The van der Waals surface area contributed by atoms with Gasteiger partial charge in [0.15, 0.2) is 0 Å². The minimum Gasteiger partial charge on any atom is -0.367 e. The lowest BCUT2D eigenvalue weighted by Crippen LogP contribution is -2.47. The van der Waals surface area contributed by atoms with Crippen molar-refractivity contribution in [2.45, 2.75) is 50.4 Å². The molecule has 2 aromatic rings. The van der Waals surface area contributed by atoms with Gasteiger partial charge in [0.05, 0.1) is 11.6 Å². The Morgan fingerprint density at radius 3 is 2.96 bits per heavy atom. The molecule has 138 valence electrons. The highest BCUT2D eigenvalue weighted by Crippen LogP contribution is 2.30. The topological polar surface area (TPSA) is 59.4 Å². The van der Waals surface area contributed by atoms with Crippen LogP contribution in [0.3, 0.4) is 0 Å². The average Bonchev–Trinajstić information content (AvgIpc) is 3.12. The molecule has 0 bridgehead atoms. The molecular weight excluding hydrogens is 352 g/mol. The van der Waals surface area contributed by atoms with Crippen LogP contribution in [0.5, 0.6) is 0 Å². The van der Waals surface area contributed by atoms with Gasteiger partial charge >= 0.3 is 0 Å². The van der Waals surface area contributed by atoms with E-state index >= 15 is 0 Å². The van der Waals surface area contributed by atoms with Crippen LogP contribution in [0.15, 0.2) is 18.3 Å². The highest BCUT2D eigenvalue weighted by Gasteiger charge is 2.38. The first-order valence-corrected chi connectivity index (χ1v) is 9.86. The van der Waals surface area contributed by atoms with Crippen LogP contribution in [-0.2, 0) is 22.5 Å². The molecule has 2 fully saturated rings. The predicted octanol–water partition coefficient (Wildman–Crippen LogP) is 1.98. The second kappa shape index (κ2) is 6.51. The third-order valence-electron chi connectivity index (χ3n) is 5.97. The van der Waals surface area contributed by atoms with E-state index < -0.39 is 0 Å². The molecule has 3 atom stereocenters. The predicted molar refractivity (Wildman–Crippen MR) is 99.3 cm³/mol. The number of aryl methyl sites for hydroxylation is 1. The Bertz CT molecular complexity index is 847. The Kier molecular flexibility index (Phi) is 4.14. The summed E-state index contributed by atoms with van der Waals surface area (Å²) >= 11 is 6.07. The van der Waals surface area contributed by atoms with Gasteiger partial charge < -0.3 is 19.5 Å². The summed E-state index contributed by atoms with van der Waals surface area (Å²) in [6.07, 6.45) is 5.23. The molecule has 6 nitrogen and oxygen atoms in total. The van der Waals surface area contributed by atoms with Crippen molar-refractivity contribution in [3.05, 3.63) is 29.0 Å². The van der Waals surface area contributed by atoms with Crippen molar-refractivity contribution in [1.82, 2.24) is 19.8 Å². The van der Waals surface area contributed by atoms with Gasteiger partial charge in [0, 0.05) is 55.3 Å². The zero-order valence-corrected chi connectivity index (χ0v) is 15.4. The fraction of sp³-hybridized carbons (Fsp3) is 0.579. The van der Waals surface area contributed by atoms with Crippen LogP contribution in [0.1, 0.15) is 25.0 Å². The first-order chi connectivity index (χ1) is 12.7. The summed E-state index contributed by atoms with van der Waals surface area (Å²) < 4.78 is 8.15. The van der Waals surface area contributed by atoms with E-state index in [0.717, 1.165) is 56.4 Å². The molecule has 5 heterocycles. The van der Waals surface area contributed by atoms with Crippen LogP contribution in [0.25, 0.3) is 11.0 Å². The Morgan fingerprint density at radius 1 is 1.27 bits per heavy atom. The van der Waals surface area contributed by atoms with Gasteiger partial charge in [0.2, 0.25) is 0 Å². The molecule has 0 saturated carbocycles. The van der Waals surface area contributed by atoms with Crippen LogP contribution < -0.4 is 5.32 Å². The summed E-state index contributed by atoms with van der Waals surface area (Å²) in [5.41, 5.74) is 2.23. The van der Waals surface area contributed by atoms with Gasteiger partial charge in [-0.1, -0.05) is 11.6 Å². The minimum absolute atomic E-state index is 0.167. The highest BCUT2D eigenvalue weighted by molar-refractivity contribution is 6.31. The Labute approximate surface area is 157 Å². The molecule has 2 saturated heterocycles. The smallest absolute Gasteiger partial charge is 0.252 e. The van der Waals surface area contributed by atoms with Crippen LogP contribution in [0.2, 0.25) is 5.02 Å². The third kappa shape index (κ3) is 2.80. The lowest BCUT2D eigenvalue weighted by atomic mass is 10.0. The summed E-state index contributed by atoms with van der Waals surface area (Å²) in [7, 11) is 0. The Morgan fingerprint density at radius 2 is 2.15 bits per heavy atom.